The molecule has 0 unspecified atom stereocenters. The summed E-state index contributed by atoms with van der Waals surface area (Å²) in [5.41, 5.74) is 0. The molecular weight excluding hydrogens is 282 g/mol. The number of hydrogen-bond donors (Lipinski definition) is 2. The van der Waals surface area contributed by atoms with Gasteiger partial charge in [-0.15, -0.1) is 0 Å². The lowest BCUT2D eigenvalue weighted by Gasteiger charge is -2.25. The summed E-state index contributed by atoms with van der Waals surface area (Å²) in [5.74, 6) is 0.538. The molecule has 0 aliphatic carbocycles. The topological polar surface area (TPSA) is 87.7 Å². The van der Waals surface area contributed by atoms with E-state index in [2.05, 4.69) is 5.32 Å². The number of hydrogen-bond acceptors (Lipinski definition) is 5. The lowest BCUT2D eigenvalue weighted by Crippen LogP contribution is -2.43. The Morgan fingerprint density at radius 3 is 2.55 bits per heavy atom. The minimum atomic E-state index is -3.81. The number of amides is 1. The standard InChI is InChI=1S/C12H25N3O4S/c1-10(2)19-12(16)14-20(17,18)15(3)9-6-11-4-7-13-8-5-11/h10-11,13H,4-9H2,1-3H3,(H,14,16). The molecule has 118 valence electrons. The van der Waals surface area contributed by atoms with Gasteiger partial charge in [0.2, 0.25) is 0 Å². The fraction of sp³-hybridized carbons (Fsp3) is 0.917. The number of piperidine rings is 1. The van der Waals surface area contributed by atoms with Gasteiger partial charge in [-0.05, 0) is 52.1 Å². The molecule has 20 heavy (non-hydrogen) atoms. The number of ether oxygens (including phenoxy) is 1. The molecule has 0 radical (unpaired) electrons. The highest BCUT2D eigenvalue weighted by Crippen LogP contribution is 2.16. The van der Waals surface area contributed by atoms with E-state index in [9.17, 15) is 13.2 Å². The van der Waals surface area contributed by atoms with Crippen LogP contribution in [0.2, 0.25) is 0 Å². The zero-order valence-electron chi connectivity index (χ0n) is 12.4. The van der Waals surface area contributed by atoms with Crippen molar-refractivity contribution in [2.45, 2.75) is 39.2 Å². The molecule has 0 atom stereocenters. The summed E-state index contributed by atoms with van der Waals surface area (Å²) in [7, 11) is -2.35. The summed E-state index contributed by atoms with van der Waals surface area (Å²) in [4.78, 5) is 11.3. The van der Waals surface area contributed by atoms with Crippen LogP contribution in [-0.2, 0) is 14.9 Å². The monoisotopic (exact) mass is 307 g/mol. The van der Waals surface area contributed by atoms with Crippen LogP contribution in [0.5, 0.6) is 0 Å². The van der Waals surface area contributed by atoms with E-state index in [1.54, 1.807) is 13.8 Å². The fourth-order valence-corrected chi connectivity index (χ4v) is 2.84. The number of carbonyl (C=O) groups excluding carboxylic acids is 1. The molecule has 0 spiro atoms. The molecule has 1 saturated heterocycles. The molecule has 1 aliphatic heterocycles. The molecule has 7 nitrogen and oxygen atoms in total. The molecular formula is C12H25N3O4S. The van der Waals surface area contributed by atoms with Gasteiger partial charge in [0.05, 0.1) is 6.10 Å². The molecule has 2 N–H and O–H groups in total. The summed E-state index contributed by atoms with van der Waals surface area (Å²) in [6.45, 7) is 5.69. The molecule has 1 rings (SSSR count). The number of rotatable bonds is 6. The lowest BCUT2D eigenvalue weighted by atomic mass is 9.95. The fourth-order valence-electron chi connectivity index (χ4n) is 2.08. The van der Waals surface area contributed by atoms with Crippen molar-refractivity contribution < 1.29 is 17.9 Å². The second-order valence-electron chi connectivity index (χ2n) is 5.36. The Morgan fingerprint density at radius 2 is 2.00 bits per heavy atom. The van der Waals surface area contributed by atoms with Gasteiger partial charge in [-0.2, -0.15) is 12.7 Å². The Bertz CT molecular complexity index is 405. The summed E-state index contributed by atoms with van der Waals surface area (Å²) >= 11 is 0. The van der Waals surface area contributed by atoms with Crippen LogP contribution >= 0.6 is 0 Å². The van der Waals surface area contributed by atoms with E-state index in [0.29, 0.717) is 12.5 Å². The van der Waals surface area contributed by atoms with E-state index in [4.69, 9.17) is 4.74 Å². The molecule has 1 fully saturated rings. The smallest absolute Gasteiger partial charge is 0.422 e. The van der Waals surface area contributed by atoms with Gasteiger partial charge in [0.1, 0.15) is 0 Å². The van der Waals surface area contributed by atoms with Crippen LogP contribution in [0.25, 0.3) is 0 Å². The number of carbonyl (C=O) groups is 1. The van der Waals surface area contributed by atoms with Gasteiger partial charge in [-0.1, -0.05) is 0 Å². The molecule has 0 aromatic carbocycles. The minimum absolute atomic E-state index is 0.356. The second kappa shape index (κ2) is 7.80. The zero-order chi connectivity index (χ0) is 15.2. The molecule has 0 bridgehead atoms. The van der Waals surface area contributed by atoms with Crippen molar-refractivity contribution in [1.29, 1.82) is 0 Å². The first-order chi connectivity index (χ1) is 9.31. The third kappa shape index (κ3) is 6.06. The summed E-state index contributed by atoms with van der Waals surface area (Å²) in [5, 5.41) is 3.27. The van der Waals surface area contributed by atoms with E-state index in [1.807, 2.05) is 4.72 Å². The first-order valence-electron chi connectivity index (χ1n) is 6.96. The van der Waals surface area contributed by atoms with Gasteiger partial charge in [0.15, 0.2) is 0 Å². The molecule has 0 aromatic heterocycles. The van der Waals surface area contributed by atoms with Crippen LogP contribution in [0, 0.1) is 5.92 Å². The van der Waals surface area contributed by atoms with Crippen LogP contribution in [0.1, 0.15) is 33.1 Å². The summed E-state index contributed by atoms with van der Waals surface area (Å²) in [6, 6.07) is 0. The third-order valence-corrected chi connectivity index (χ3v) is 4.70. The van der Waals surface area contributed by atoms with Crippen molar-refractivity contribution in [2.24, 2.45) is 5.92 Å². The average Bonchev–Trinajstić information content (AvgIpc) is 2.35. The van der Waals surface area contributed by atoms with E-state index in [-0.39, 0.29) is 6.10 Å². The maximum Gasteiger partial charge on any atom is 0.422 e. The first kappa shape index (κ1) is 17.2. The second-order valence-corrected chi connectivity index (χ2v) is 7.14. The highest BCUT2D eigenvalue weighted by atomic mass is 32.2. The van der Waals surface area contributed by atoms with Gasteiger partial charge in [0.25, 0.3) is 0 Å². The number of nitrogens with zero attached hydrogens (tertiary/aromatic N) is 1. The van der Waals surface area contributed by atoms with Crippen LogP contribution in [0.3, 0.4) is 0 Å². The van der Waals surface area contributed by atoms with Crippen LogP contribution in [-0.4, -0.2) is 51.6 Å². The predicted octanol–water partition coefficient (Wildman–Crippen LogP) is 0.687. The van der Waals surface area contributed by atoms with Gasteiger partial charge in [-0.25, -0.2) is 9.52 Å². The summed E-state index contributed by atoms with van der Waals surface area (Å²) < 4.78 is 31.6. The predicted molar refractivity (Wildman–Crippen MR) is 76.5 cm³/mol. The van der Waals surface area contributed by atoms with Crippen molar-refractivity contribution in [2.75, 3.05) is 26.7 Å². The maximum absolute atomic E-state index is 11.9. The molecule has 0 aromatic rings. The van der Waals surface area contributed by atoms with E-state index < -0.39 is 16.3 Å². The van der Waals surface area contributed by atoms with E-state index in [1.165, 1.54) is 7.05 Å². The Balaban J connectivity index is 2.39. The quantitative estimate of drug-likeness (QED) is 0.754. The highest BCUT2D eigenvalue weighted by molar-refractivity contribution is 7.87. The Kier molecular flexibility index (Phi) is 6.70. The van der Waals surface area contributed by atoms with Gasteiger partial charge < -0.3 is 10.1 Å². The summed E-state index contributed by atoms with van der Waals surface area (Å²) in [6.07, 6.45) is 1.64. The van der Waals surface area contributed by atoms with Gasteiger partial charge >= 0.3 is 16.3 Å². The molecule has 8 heteroatoms. The van der Waals surface area contributed by atoms with Gasteiger partial charge in [-0.3, -0.25) is 0 Å². The van der Waals surface area contributed by atoms with Crippen LogP contribution < -0.4 is 10.0 Å². The first-order valence-corrected chi connectivity index (χ1v) is 8.40. The van der Waals surface area contributed by atoms with Crippen LogP contribution in [0.15, 0.2) is 0 Å². The van der Waals surface area contributed by atoms with Crippen molar-refractivity contribution in [3.63, 3.8) is 0 Å². The largest absolute Gasteiger partial charge is 0.446 e. The highest BCUT2D eigenvalue weighted by Gasteiger charge is 2.23. The Labute approximate surface area is 121 Å². The van der Waals surface area contributed by atoms with Crippen molar-refractivity contribution in [3.8, 4) is 0 Å². The lowest BCUT2D eigenvalue weighted by molar-refractivity contribution is 0.121. The molecule has 1 amide bonds. The molecule has 0 saturated carbocycles. The minimum Gasteiger partial charge on any atom is -0.446 e. The average molecular weight is 307 g/mol. The Morgan fingerprint density at radius 1 is 1.40 bits per heavy atom. The van der Waals surface area contributed by atoms with Crippen molar-refractivity contribution in [1.82, 2.24) is 14.3 Å². The number of nitrogens with one attached hydrogen (secondary N) is 2. The third-order valence-electron chi connectivity index (χ3n) is 3.28. The normalized spacial score (nSPS) is 17.4. The van der Waals surface area contributed by atoms with Gasteiger partial charge in [0, 0.05) is 13.6 Å². The van der Waals surface area contributed by atoms with E-state index >= 15 is 0 Å². The molecule has 1 aliphatic rings. The van der Waals surface area contributed by atoms with Crippen LogP contribution in [0.4, 0.5) is 4.79 Å². The van der Waals surface area contributed by atoms with Crippen molar-refractivity contribution >= 4 is 16.3 Å². The van der Waals surface area contributed by atoms with Crippen molar-refractivity contribution in [3.05, 3.63) is 0 Å². The Hall–Kier alpha value is -0.860. The van der Waals surface area contributed by atoms with E-state index in [0.717, 1.165) is 36.7 Å². The SMILES string of the molecule is CC(C)OC(=O)NS(=O)(=O)N(C)CCC1CCNCC1. The molecule has 1 heterocycles. The maximum atomic E-state index is 11.9. The zero-order valence-corrected chi connectivity index (χ0v) is 13.2.